The third-order valence-corrected chi connectivity index (χ3v) is 13.8. The molecule has 0 aromatic heterocycles. The number of hydrogen-bond donors (Lipinski definition) is 0. The monoisotopic (exact) mass is 658 g/mol. The fraction of sp³-hybridized carbons (Fsp3) is 0.455. The molecule has 3 aromatic rings. The number of hydrogen-bond acceptors (Lipinski definition) is 6. The molecule has 3 rings (SSSR count). The van der Waals surface area contributed by atoms with Crippen molar-refractivity contribution < 1.29 is 28.4 Å². The van der Waals surface area contributed by atoms with Crippen LogP contribution >= 0.6 is 0 Å². The summed E-state index contributed by atoms with van der Waals surface area (Å²) in [6.45, 7) is 15.3. The first-order valence-corrected chi connectivity index (χ1v) is 18.2. The zero-order valence-electron chi connectivity index (χ0n) is 24.8. The van der Waals surface area contributed by atoms with Gasteiger partial charge >= 0.3 is 249 Å². The molecule has 0 unspecified atom stereocenters. The Hall–Kier alpha value is -1.76. The van der Waals surface area contributed by atoms with Gasteiger partial charge < -0.3 is 0 Å². The van der Waals surface area contributed by atoms with Crippen LogP contribution in [-0.4, -0.2) is 59.9 Å². The molecule has 0 spiro atoms. The molecule has 0 amide bonds. The van der Waals surface area contributed by atoms with Crippen LogP contribution in [0.2, 0.25) is 0 Å². The first-order chi connectivity index (χ1) is 19.6. The second-order valence-corrected chi connectivity index (χ2v) is 14.8. The maximum absolute atomic E-state index is 6.15. The van der Waals surface area contributed by atoms with E-state index in [4.69, 9.17) is 28.4 Å². The van der Waals surface area contributed by atoms with Crippen molar-refractivity contribution >= 4 is 30.7 Å². The van der Waals surface area contributed by atoms with E-state index in [-0.39, 0.29) is 0 Å². The summed E-state index contributed by atoms with van der Waals surface area (Å²) in [6, 6.07) is 25.7. The van der Waals surface area contributed by atoms with E-state index in [1.54, 1.807) is 0 Å². The predicted molar refractivity (Wildman–Crippen MR) is 162 cm³/mol. The molecule has 0 radical (unpaired) electrons. The van der Waals surface area contributed by atoms with Gasteiger partial charge in [-0.1, -0.05) is 0 Å². The van der Waals surface area contributed by atoms with E-state index in [2.05, 4.69) is 72.8 Å². The molecule has 0 saturated heterocycles. The quantitative estimate of drug-likeness (QED) is 0.135. The normalized spacial score (nSPS) is 11.8. The van der Waals surface area contributed by atoms with Gasteiger partial charge in [-0.25, -0.2) is 0 Å². The number of benzene rings is 3. The molecule has 0 fully saturated rings. The van der Waals surface area contributed by atoms with Gasteiger partial charge in [-0.3, -0.25) is 0 Å². The second kappa shape index (κ2) is 17.9. The Bertz CT molecular complexity index is 980. The Morgan fingerprint density at radius 3 is 0.850 bits per heavy atom. The summed E-state index contributed by atoms with van der Waals surface area (Å²) in [4.78, 5) is 0. The summed E-state index contributed by atoms with van der Waals surface area (Å²) >= 11 is -2.87. The third kappa shape index (κ3) is 8.39. The Kier molecular flexibility index (Phi) is 14.7. The molecule has 0 aliphatic heterocycles. The zero-order chi connectivity index (χ0) is 28.7. The summed E-state index contributed by atoms with van der Waals surface area (Å²) in [6.07, 6.45) is -1.37. The van der Waals surface area contributed by atoms with E-state index in [1.165, 1.54) is 10.5 Å². The van der Waals surface area contributed by atoms with Gasteiger partial charge in [-0.05, 0) is 0 Å². The second-order valence-electron chi connectivity index (χ2n) is 8.74. The molecular formula is C33H45O6Sb. The summed E-state index contributed by atoms with van der Waals surface area (Å²) < 4.78 is 40.7. The minimum atomic E-state index is -2.87. The van der Waals surface area contributed by atoms with E-state index >= 15 is 0 Å². The molecular weight excluding hydrogens is 614 g/mol. The van der Waals surface area contributed by atoms with Crippen LogP contribution in [0.3, 0.4) is 0 Å². The maximum atomic E-state index is 6.15. The third-order valence-electron chi connectivity index (χ3n) is 6.20. The van der Waals surface area contributed by atoms with E-state index in [0.29, 0.717) is 39.6 Å². The summed E-state index contributed by atoms with van der Waals surface area (Å²) in [5, 5.41) is 0. The van der Waals surface area contributed by atoms with Gasteiger partial charge in [0.05, 0.1) is 0 Å². The summed E-state index contributed by atoms with van der Waals surface area (Å²) in [5.74, 6) is 0. The van der Waals surface area contributed by atoms with Gasteiger partial charge in [0.25, 0.3) is 0 Å². The number of rotatable bonds is 18. The van der Waals surface area contributed by atoms with Gasteiger partial charge in [0.15, 0.2) is 0 Å². The molecule has 3 aromatic carbocycles. The Morgan fingerprint density at radius 2 is 0.625 bits per heavy atom. The molecule has 7 heteroatoms. The molecule has 0 aliphatic rings. The average Bonchev–Trinajstić information content (AvgIpc) is 2.98. The summed E-state index contributed by atoms with van der Waals surface area (Å²) in [7, 11) is 0. The van der Waals surface area contributed by atoms with E-state index < -0.39 is 39.1 Å². The predicted octanol–water partition coefficient (Wildman–Crippen LogP) is 5.42. The van der Waals surface area contributed by atoms with Crippen molar-refractivity contribution in [3.05, 3.63) is 89.5 Å². The van der Waals surface area contributed by atoms with Crippen LogP contribution < -0.4 is 10.5 Å². The first kappa shape index (κ1) is 32.7. The molecule has 218 valence electrons. The van der Waals surface area contributed by atoms with Crippen molar-refractivity contribution in [3.63, 3.8) is 0 Å². The van der Waals surface area contributed by atoms with Crippen LogP contribution in [0.5, 0.6) is 0 Å². The standard InChI is InChI=1S/3C11H15O2.Sb/c3*1-3-12-11(13-4-2)10-8-6-5-7-9-10;/h3*5-8,11H,3-4H2,1-2H3;. The van der Waals surface area contributed by atoms with Crippen molar-refractivity contribution in [2.45, 2.75) is 60.4 Å². The van der Waals surface area contributed by atoms with Crippen LogP contribution in [0, 0.1) is 0 Å². The van der Waals surface area contributed by atoms with E-state index in [1.807, 2.05) is 41.5 Å². The van der Waals surface area contributed by atoms with Gasteiger partial charge in [0, 0.05) is 0 Å². The molecule has 0 N–H and O–H groups in total. The Morgan fingerprint density at radius 1 is 0.400 bits per heavy atom. The molecule has 0 bridgehead atoms. The van der Waals surface area contributed by atoms with Crippen LogP contribution in [0.1, 0.15) is 77.1 Å². The van der Waals surface area contributed by atoms with Crippen LogP contribution in [-0.2, 0) is 28.4 Å². The van der Waals surface area contributed by atoms with Crippen molar-refractivity contribution in [1.82, 2.24) is 0 Å². The fourth-order valence-electron chi connectivity index (χ4n) is 4.65. The van der Waals surface area contributed by atoms with Gasteiger partial charge in [-0.15, -0.1) is 0 Å². The van der Waals surface area contributed by atoms with Crippen molar-refractivity contribution in [2.24, 2.45) is 0 Å². The zero-order valence-corrected chi connectivity index (χ0v) is 27.4. The van der Waals surface area contributed by atoms with Crippen molar-refractivity contribution in [3.8, 4) is 0 Å². The number of ether oxygens (including phenoxy) is 6. The molecule has 0 atom stereocenters. The van der Waals surface area contributed by atoms with Crippen LogP contribution in [0.4, 0.5) is 0 Å². The molecule has 0 aliphatic carbocycles. The van der Waals surface area contributed by atoms with Crippen LogP contribution in [0.25, 0.3) is 0 Å². The SMILES string of the molecule is CCOC(OCC)c1cccc[c]1[Sb]([c]1ccccc1C(OCC)OCC)[c]1ccccc1C(OCC)OCC. The fourth-order valence-corrected chi connectivity index (χ4v) is 12.6. The van der Waals surface area contributed by atoms with E-state index in [9.17, 15) is 0 Å². The topological polar surface area (TPSA) is 55.4 Å². The summed E-state index contributed by atoms with van der Waals surface area (Å²) in [5.41, 5.74) is 3.19. The van der Waals surface area contributed by atoms with Crippen molar-refractivity contribution in [1.29, 1.82) is 0 Å². The van der Waals surface area contributed by atoms with Gasteiger partial charge in [-0.2, -0.15) is 0 Å². The minimum absolute atomic E-state index is 0.457. The van der Waals surface area contributed by atoms with Gasteiger partial charge in [0.2, 0.25) is 0 Å². The first-order valence-electron chi connectivity index (χ1n) is 14.4. The van der Waals surface area contributed by atoms with Gasteiger partial charge in [0.1, 0.15) is 0 Å². The average molecular weight is 659 g/mol. The molecule has 0 saturated carbocycles. The molecule has 0 heterocycles. The Balaban J connectivity index is 2.36. The molecule has 6 nitrogen and oxygen atoms in total. The van der Waals surface area contributed by atoms with Crippen LogP contribution in [0.15, 0.2) is 72.8 Å². The van der Waals surface area contributed by atoms with E-state index in [0.717, 1.165) is 16.7 Å². The molecule has 40 heavy (non-hydrogen) atoms. The van der Waals surface area contributed by atoms with Crippen molar-refractivity contribution in [2.75, 3.05) is 39.6 Å². The Labute approximate surface area is 247 Å².